The zero-order chi connectivity index (χ0) is 21.0. The van der Waals surface area contributed by atoms with Crippen LogP contribution in [0.25, 0.3) is 0 Å². The van der Waals surface area contributed by atoms with E-state index in [9.17, 15) is 18.3 Å². The third-order valence-electron chi connectivity index (χ3n) is 4.29. The Labute approximate surface area is 168 Å². The largest absolute Gasteiger partial charge is 0.507 e. The molecule has 0 unspecified atom stereocenters. The van der Waals surface area contributed by atoms with Crippen LogP contribution in [0.15, 0.2) is 52.4 Å². The molecule has 1 saturated heterocycles. The second-order valence-electron chi connectivity index (χ2n) is 6.37. The zero-order valence-electron chi connectivity index (χ0n) is 15.7. The van der Waals surface area contributed by atoms with E-state index in [0.717, 1.165) is 0 Å². The fourth-order valence-corrected chi connectivity index (χ4v) is 4.26. The Morgan fingerprint density at radius 2 is 1.79 bits per heavy atom. The molecule has 9 nitrogen and oxygen atoms in total. The molecule has 0 radical (unpaired) electrons. The number of anilines is 1. The number of carbonyl (C=O) groups is 1. The maximum Gasteiger partial charge on any atom is 0.339 e. The van der Waals surface area contributed by atoms with Gasteiger partial charge in [0, 0.05) is 24.8 Å². The van der Waals surface area contributed by atoms with Crippen molar-refractivity contribution in [3.63, 3.8) is 0 Å². The summed E-state index contributed by atoms with van der Waals surface area (Å²) in [6.45, 7) is 3.13. The number of carboxylic acid groups (broad SMARTS) is 1. The fourth-order valence-electron chi connectivity index (χ4n) is 2.85. The lowest BCUT2D eigenvalue weighted by molar-refractivity contribution is 0.0693. The molecule has 0 atom stereocenters. The number of morpholine rings is 1. The number of nitrogens with zero attached hydrogens (tertiary/aromatic N) is 2. The third-order valence-corrected chi connectivity index (χ3v) is 6.21. The number of amidine groups is 1. The Kier molecular flexibility index (Phi) is 6.16. The van der Waals surface area contributed by atoms with Gasteiger partial charge in [-0.2, -0.15) is 4.31 Å². The highest BCUT2D eigenvalue weighted by atomic mass is 32.2. The van der Waals surface area contributed by atoms with Gasteiger partial charge in [0.2, 0.25) is 10.0 Å². The molecule has 3 rings (SSSR count). The molecule has 29 heavy (non-hydrogen) atoms. The van der Waals surface area contributed by atoms with Crippen LogP contribution in [-0.4, -0.2) is 61.0 Å². The van der Waals surface area contributed by atoms with E-state index in [1.807, 2.05) is 0 Å². The summed E-state index contributed by atoms with van der Waals surface area (Å²) in [5.41, 5.74) is 0.824. The van der Waals surface area contributed by atoms with Gasteiger partial charge >= 0.3 is 5.97 Å². The molecule has 0 saturated carbocycles. The molecule has 1 aliphatic rings. The van der Waals surface area contributed by atoms with Gasteiger partial charge in [0.05, 0.1) is 23.8 Å². The molecule has 0 spiro atoms. The van der Waals surface area contributed by atoms with Crippen molar-refractivity contribution in [3.05, 3.63) is 48.0 Å². The van der Waals surface area contributed by atoms with Crippen LogP contribution in [-0.2, 0) is 14.8 Å². The Hall–Kier alpha value is -2.95. The van der Waals surface area contributed by atoms with Crippen molar-refractivity contribution in [1.29, 1.82) is 0 Å². The fraction of sp³-hybridized carbons (Fsp3) is 0.263. The second kappa shape index (κ2) is 8.60. The second-order valence-corrected chi connectivity index (χ2v) is 8.31. The number of ether oxygens (including phenoxy) is 1. The quantitative estimate of drug-likeness (QED) is 0.501. The van der Waals surface area contributed by atoms with Crippen molar-refractivity contribution < 1.29 is 28.2 Å². The smallest absolute Gasteiger partial charge is 0.339 e. The maximum atomic E-state index is 12.6. The van der Waals surface area contributed by atoms with E-state index in [-0.39, 0.29) is 16.2 Å². The average Bonchev–Trinajstić information content (AvgIpc) is 2.69. The number of aromatic hydroxyl groups is 1. The number of nitrogens with one attached hydrogen (secondary N) is 1. The summed E-state index contributed by atoms with van der Waals surface area (Å²) in [6, 6.07) is 10.3. The SMILES string of the molecule is CC(=Nc1ccc(S(=O)(=O)N2CCOCC2)cc1)Nc1ccc(C(=O)O)c(O)c1. The minimum absolute atomic E-state index is 0.192. The Morgan fingerprint density at radius 1 is 1.14 bits per heavy atom. The summed E-state index contributed by atoms with van der Waals surface area (Å²) in [5, 5.41) is 21.6. The van der Waals surface area contributed by atoms with Crippen LogP contribution in [0.1, 0.15) is 17.3 Å². The highest BCUT2D eigenvalue weighted by Crippen LogP contribution is 2.23. The standard InChI is InChI=1S/C19H21N3O6S/c1-13(21-15-4-7-17(19(24)25)18(23)12-15)20-14-2-5-16(6-3-14)29(26,27)22-8-10-28-11-9-22/h2-7,12,23H,8-11H2,1H3,(H,20,21)(H,24,25). The van der Waals surface area contributed by atoms with Gasteiger partial charge in [-0.05, 0) is 43.3 Å². The molecule has 1 aliphatic heterocycles. The van der Waals surface area contributed by atoms with Gasteiger partial charge < -0.3 is 20.3 Å². The lowest BCUT2D eigenvalue weighted by Gasteiger charge is -2.26. The first-order valence-electron chi connectivity index (χ1n) is 8.84. The molecule has 1 heterocycles. The van der Waals surface area contributed by atoms with Crippen molar-refractivity contribution in [1.82, 2.24) is 4.31 Å². The molecule has 0 amide bonds. The molecule has 1 fully saturated rings. The number of aliphatic imine (C=N–C) groups is 1. The van der Waals surface area contributed by atoms with Crippen LogP contribution in [0, 0.1) is 0 Å². The number of aromatic carboxylic acids is 1. The van der Waals surface area contributed by atoms with Crippen molar-refractivity contribution in [2.24, 2.45) is 4.99 Å². The first-order valence-corrected chi connectivity index (χ1v) is 10.3. The molecule has 10 heteroatoms. The number of rotatable bonds is 5. The summed E-state index contributed by atoms with van der Waals surface area (Å²) >= 11 is 0. The van der Waals surface area contributed by atoms with Crippen molar-refractivity contribution >= 4 is 33.2 Å². The Balaban J connectivity index is 1.72. The van der Waals surface area contributed by atoms with Crippen LogP contribution in [0.3, 0.4) is 0 Å². The van der Waals surface area contributed by atoms with Gasteiger partial charge in [-0.15, -0.1) is 0 Å². The summed E-state index contributed by atoms with van der Waals surface area (Å²) < 4.78 is 31.8. The first-order chi connectivity index (χ1) is 13.8. The number of phenols is 1. The molecule has 0 bridgehead atoms. The average molecular weight is 419 g/mol. The summed E-state index contributed by atoms with van der Waals surface area (Å²) in [4.78, 5) is 15.5. The van der Waals surface area contributed by atoms with Crippen LogP contribution in [0.2, 0.25) is 0 Å². The van der Waals surface area contributed by atoms with E-state index in [1.54, 1.807) is 19.1 Å². The lowest BCUT2D eigenvalue weighted by Crippen LogP contribution is -2.40. The van der Waals surface area contributed by atoms with Crippen molar-refractivity contribution in [2.45, 2.75) is 11.8 Å². The van der Waals surface area contributed by atoms with E-state index in [2.05, 4.69) is 10.3 Å². The molecular weight excluding hydrogens is 398 g/mol. The number of hydrogen-bond donors (Lipinski definition) is 3. The van der Waals surface area contributed by atoms with E-state index in [4.69, 9.17) is 9.84 Å². The summed E-state index contributed by atoms with van der Waals surface area (Å²) in [5.74, 6) is -1.09. The predicted molar refractivity (Wildman–Crippen MR) is 107 cm³/mol. The summed E-state index contributed by atoms with van der Waals surface area (Å²) in [6.07, 6.45) is 0. The topological polar surface area (TPSA) is 129 Å². The minimum atomic E-state index is -3.56. The van der Waals surface area contributed by atoms with Crippen molar-refractivity contribution in [3.8, 4) is 5.75 Å². The number of benzene rings is 2. The van der Waals surface area contributed by atoms with E-state index < -0.39 is 16.0 Å². The number of sulfonamides is 1. The van der Waals surface area contributed by atoms with Crippen LogP contribution in [0.4, 0.5) is 11.4 Å². The highest BCUT2D eigenvalue weighted by molar-refractivity contribution is 7.89. The van der Waals surface area contributed by atoms with Gasteiger partial charge in [-0.25, -0.2) is 18.2 Å². The lowest BCUT2D eigenvalue weighted by atomic mass is 10.2. The van der Waals surface area contributed by atoms with Crippen LogP contribution >= 0.6 is 0 Å². The van der Waals surface area contributed by atoms with Crippen molar-refractivity contribution in [2.75, 3.05) is 31.6 Å². The highest BCUT2D eigenvalue weighted by Gasteiger charge is 2.26. The minimum Gasteiger partial charge on any atom is -0.507 e. The Morgan fingerprint density at radius 3 is 2.38 bits per heavy atom. The number of hydrogen-bond acceptors (Lipinski definition) is 6. The first kappa shape index (κ1) is 20.8. The molecule has 2 aromatic rings. The van der Waals surface area contributed by atoms with Gasteiger partial charge in [0.25, 0.3) is 0 Å². The normalized spacial score (nSPS) is 15.8. The number of carboxylic acids is 1. The van der Waals surface area contributed by atoms with Crippen LogP contribution in [0.5, 0.6) is 5.75 Å². The zero-order valence-corrected chi connectivity index (χ0v) is 16.5. The molecule has 154 valence electrons. The van der Waals surface area contributed by atoms with Gasteiger partial charge in [0.1, 0.15) is 17.1 Å². The molecule has 0 aliphatic carbocycles. The monoisotopic (exact) mass is 419 g/mol. The molecule has 3 N–H and O–H groups in total. The third kappa shape index (κ3) is 4.91. The molecule has 0 aromatic heterocycles. The van der Waals surface area contributed by atoms with Gasteiger partial charge in [-0.3, -0.25) is 0 Å². The molecule has 2 aromatic carbocycles. The predicted octanol–water partition coefficient (Wildman–Crippen LogP) is 2.27. The van der Waals surface area contributed by atoms with Gasteiger partial charge in [-0.1, -0.05) is 0 Å². The van der Waals surface area contributed by atoms with E-state index in [0.29, 0.717) is 43.5 Å². The summed E-state index contributed by atoms with van der Waals surface area (Å²) in [7, 11) is -3.56. The maximum absolute atomic E-state index is 12.6. The Bertz CT molecular complexity index is 1030. The van der Waals surface area contributed by atoms with E-state index in [1.165, 1.54) is 34.6 Å². The van der Waals surface area contributed by atoms with Crippen LogP contribution < -0.4 is 5.32 Å². The molecular formula is C19H21N3O6S. The van der Waals surface area contributed by atoms with Gasteiger partial charge in [0.15, 0.2) is 0 Å². The van der Waals surface area contributed by atoms with E-state index >= 15 is 0 Å².